The fraction of sp³-hybridized carbons (Fsp3) is 0.444. The Balaban J connectivity index is 2.46. The predicted octanol–water partition coefficient (Wildman–Crippen LogP) is 1.17. The lowest BCUT2D eigenvalue weighted by Gasteiger charge is -2.21. The van der Waals surface area contributed by atoms with Gasteiger partial charge < -0.3 is 10.5 Å². The van der Waals surface area contributed by atoms with Gasteiger partial charge in [-0.2, -0.15) is 0 Å². The van der Waals surface area contributed by atoms with E-state index in [1.54, 1.807) is 0 Å². The summed E-state index contributed by atoms with van der Waals surface area (Å²) in [6, 6.07) is 4.07. The normalized spacial score (nSPS) is 21.3. The Hall–Kier alpha value is -1.09. The zero-order valence-corrected chi connectivity index (χ0v) is 7.08. The van der Waals surface area contributed by atoms with Crippen LogP contribution in [0.4, 0.5) is 0 Å². The fourth-order valence-corrected chi connectivity index (χ4v) is 1.38. The average Bonchev–Trinajstić information content (AvgIpc) is 2.04. The number of aromatic nitrogens is 1. The average molecular weight is 164 g/mol. The maximum atomic E-state index is 5.88. The summed E-state index contributed by atoms with van der Waals surface area (Å²) < 4.78 is 5.38. The molecule has 64 valence electrons. The van der Waals surface area contributed by atoms with Crippen molar-refractivity contribution in [1.82, 2.24) is 4.98 Å². The predicted molar refractivity (Wildman–Crippen MR) is 46.0 cm³/mol. The van der Waals surface area contributed by atoms with Crippen LogP contribution in [-0.4, -0.2) is 11.6 Å². The van der Waals surface area contributed by atoms with Crippen LogP contribution >= 0.6 is 0 Å². The van der Waals surface area contributed by atoms with Gasteiger partial charge in [-0.15, -0.1) is 0 Å². The van der Waals surface area contributed by atoms with Crippen molar-refractivity contribution in [3.05, 3.63) is 23.4 Å². The van der Waals surface area contributed by atoms with Gasteiger partial charge >= 0.3 is 0 Å². The van der Waals surface area contributed by atoms with E-state index in [1.165, 1.54) is 0 Å². The summed E-state index contributed by atoms with van der Waals surface area (Å²) in [6.45, 7) is 2.63. The van der Waals surface area contributed by atoms with E-state index in [0.717, 1.165) is 17.7 Å². The Bertz CT molecular complexity index is 299. The molecule has 0 aromatic carbocycles. The summed E-state index contributed by atoms with van der Waals surface area (Å²) in [5.74, 6) is 0.716. The van der Waals surface area contributed by atoms with Crippen molar-refractivity contribution >= 4 is 0 Å². The van der Waals surface area contributed by atoms with Crippen LogP contribution in [0.1, 0.15) is 23.7 Å². The van der Waals surface area contributed by atoms with Crippen LogP contribution in [0.15, 0.2) is 12.1 Å². The third-order valence-electron chi connectivity index (χ3n) is 2.10. The number of nitrogens with two attached hydrogens (primary N) is 1. The van der Waals surface area contributed by atoms with Gasteiger partial charge in [0.2, 0.25) is 5.88 Å². The van der Waals surface area contributed by atoms with Crippen molar-refractivity contribution in [2.45, 2.75) is 19.4 Å². The van der Waals surface area contributed by atoms with Crippen molar-refractivity contribution in [1.29, 1.82) is 0 Å². The molecule has 0 spiro atoms. The molecule has 1 atom stereocenters. The molecule has 1 aromatic rings. The van der Waals surface area contributed by atoms with E-state index in [0.29, 0.717) is 12.5 Å². The summed E-state index contributed by atoms with van der Waals surface area (Å²) in [7, 11) is 0. The van der Waals surface area contributed by atoms with Crippen molar-refractivity contribution in [2.75, 3.05) is 6.61 Å². The molecule has 2 N–H and O–H groups in total. The first-order valence-electron chi connectivity index (χ1n) is 4.13. The molecule has 1 aliphatic rings. The molecule has 0 fully saturated rings. The lowest BCUT2D eigenvalue weighted by atomic mass is 10.0. The summed E-state index contributed by atoms with van der Waals surface area (Å²) >= 11 is 0. The maximum absolute atomic E-state index is 5.88. The monoisotopic (exact) mass is 164 g/mol. The molecule has 2 heterocycles. The van der Waals surface area contributed by atoms with E-state index in [9.17, 15) is 0 Å². The van der Waals surface area contributed by atoms with Gasteiger partial charge in [-0.25, -0.2) is 4.98 Å². The highest BCUT2D eigenvalue weighted by Gasteiger charge is 2.18. The van der Waals surface area contributed by atoms with Gasteiger partial charge in [0, 0.05) is 23.7 Å². The highest BCUT2D eigenvalue weighted by atomic mass is 16.5. The van der Waals surface area contributed by atoms with Gasteiger partial charge in [0.05, 0.1) is 6.61 Å². The summed E-state index contributed by atoms with van der Waals surface area (Å²) in [5.41, 5.74) is 7.89. The van der Waals surface area contributed by atoms with Gasteiger partial charge in [-0.3, -0.25) is 0 Å². The van der Waals surface area contributed by atoms with E-state index in [4.69, 9.17) is 10.5 Å². The maximum Gasteiger partial charge on any atom is 0.218 e. The standard InChI is InChI=1S/C9H12N2O/c1-6-2-3-7-8(10)4-5-12-9(7)11-6/h2-3,8H,4-5,10H2,1H3. The van der Waals surface area contributed by atoms with Gasteiger partial charge in [-0.1, -0.05) is 6.07 Å². The number of nitrogens with zero attached hydrogens (tertiary/aromatic N) is 1. The number of aryl methyl sites for hydroxylation is 1. The van der Waals surface area contributed by atoms with Gasteiger partial charge in [0.15, 0.2) is 0 Å². The number of hydrogen-bond acceptors (Lipinski definition) is 3. The largest absolute Gasteiger partial charge is 0.477 e. The third-order valence-corrected chi connectivity index (χ3v) is 2.10. The summed E-state index contributed by atoms with van der Waals surface area (Å²) in [4.78, 5) is 4.26. The number of fused-ring (bicyclic) bond motifs is 1. The summed E-state index contributed by atoms with van der Waals surface area (Å²) in [6.07, 6.45) is 0.887. The quantitative estimate of drug-likeness (QED) is 0.626. The smallest absolute Gasteiger partial charge is 0.218 e. The molecular formula is C9H12N2O. The molecule has 0 radical (unpaired) electrons. The zero-order valence-electron chi connectivity index (χ0n) is 7.08. The van der Waals surface area contributed by atoms with E-state index in [2.05, 4.69) is 4.98 Å². The van der Waals surface area contributed by atoms with Crippen molar-refractivity contribution in [3.8, 4) is 5.88 Å². The minimum Gasteiger partial charge on any atom is -0.477 e. The topological polar surface area (TPSA) is 48.1 Å². The van der Waals surface area contributed by atoms with Crippen LogP contribution in [0.2, 0.25) is 0 Å². The minimum absolute atomic E-state index is 0.0989. The highest BCUT2D eigenvalue weighted by Crippen LogP contribution is 2.28. The number of pyridine rings is 1. The molecule has 1 aromatic heterocycles. The molecule has 1 unspecified atom stereocenters. The molecule has 2 rings (SSSR count). The van der Waals surface area contributed by atoms with Gasteiger partial charge in [0.25, 0.3) is 0 Å². The van der Waals surface area contributed by atoms with Crippen molar-refractivity contribution in [2.24, 2.45) is 5.73 Å². The molecule has 12 heavy (non-hydrogen) atoms. The van der Waals surface area contributed by atoms with Gasteiger partial charge in [0.1, 0.15) is 0 Å². The van der Waals surface area contributed by atoms with E-state index in [-0.39, 0.29) is 6.04 Å². The molecule has 3 nitrogen and oxygen atoms in total. The first-order chi connectivity index (χ1) is 5.77. The second kappa shape index (κ2) is 2.75. The molecule has 0 saturated heterocycles. The number of rotatable bonds is 0. The Morgan fingerprint density at radius 3 is 3.25 bits per heavy atom. The van der Waals surface area contributed by atoms with Gasteiger partial charge in [-0.05, 0) is 13.0 Å². The Kier molecular flexibility index (Phi) is 1.73. The molecule has 0 aliphatic carbocycles. The fourth-order valence-electron chi connectivity index (χ4n) is 1.38. The molecular weight excluding hydrogens is 152 g/mol. The van der Waals surface area contributed by atoms with Crippen LogP contribution in [0, 0.1) is 6.92 Å². The lowest BCUT2D eigenvalue weighted by molar-refractivity contribution is 0.257. The molecule has 0 saturated carbocycles. The molecule has 1 aliphatic heterocycles. The SMILES string of the molecule is Cc1ccc2c(n1)OCCC2N. The Morgan fingerprint density at radius 1 is 1.58 bits per heavy atom. The van der Waals surface area contributed by atoms with Crippen LogP contribution < -0.4 is 10.5 Å². The first kappa shape index (κ1) is 7.55. The number of hydrogen-bond donors (Lipinski definition) is 1. The molecule has 0 amide bonds. The molecule has 0 bridgehead atoms. The number of ether oxygens (including phenoxy) is 1. The molecule has 3 heteroatoms. The van der Waals surface area contributed by atoms with Crippen molar-refractivity contribution < 1.29 is 4.74 Å². The summed E-state index contributed by atoms with van der Waals surface area (Å²) in [5, 5.41) is 0. The second-order valence-corrected chi connectivity index (χ2v) is 3.09. The van der Waals surface area contributed by atoms with E-state index >= 15 is 0 Å². The first-order valence-corrected chi connectivity index (χ1v) is 4.13. The van der Waals surface area contributed by atoms with E-state index in [1.807, 2.05) is 19.1 Å². The second-order valence-electron chi connectivity index (χ2n) is 3.09. The van der Waals surface area contributed by atoms with E-state index < -0.39 is 0 Å². The zero-order chi connectivity index (χ0) is 8.55. The highest BCUT2D eigenvalue weighted by molar-refractivity contribution is 5.32. The third kappa shape index (κ3) is 1.16. The van der Waals surface area contributed by atoms with Crippen LogP contribution in [0.25, 0.3) is 0 Å². The van der Waals surface area contributed by atoms with Crippen molar-refractivity contribution in [3.63, 3.8) is 0 Å². The Morgan fingerprint density at radius 2 is 2.42 bits per heavy atom. The Labute approximate surface area is 71.6 Å². The lowest BCUT2D eigenvalue weighted by Crippen LogP contribution is -2.21. The van der Waals surface area contributed by atoms with Crippen LogP contribution in [-0.2, 0) is 0 Å². The van der Waals surface area contributed by atoms with Crippen LogP contribution in [0.5, 0.6) is 5.88 Å². The van der Waals surface area contributed by atoms with Crippen LogP contribution in [0.3, 0.4) is 0 Å². The minimum atomic E-state index is 0.0989.